The second kappa shape index (κ2) is 4.49. The summed E-state index contributed by atoms with van der Waals surface area (Å²) < 4.78 is 13.2. The summed E-state index contributed by atoms with van der Waals surface area (Å²) in [5, 5.41) is -0.230. The Hall–Kier alpha value is -0.970. The average Bonchev–Trinajstić information content (AvgIpc) is 2.20. The molecular formula is C9H3Cl3FN3. The van der Waals surface area contributed by atoms with Gasteiger partial charge in [-0.15, -0.1) is 0 Å². The van der Waals surface area contributed by atoms with E-state index in [1.54, 1.807) is 6.07 Å². The fraction of sp³-hybridized carbons (Fsp3) is 0. The highest BCUT2D eigenvalue weighted by Gasteiger charge is 2.12. The molecule has 1 aromatic carbocycles. The van der Waals surface area contributed by atoms with Crippen molar-refractivity contribution in [3.63, 3.8) is 0 Å². The SMILES string of the molecule is Fc1cccc(-c2nc(Cl)nc(Cl)n2)c1Cl. The highest BCUT2D eigenvalue weighted by Crippen LogP contribution is 2.28. The first-order chi connectivity index (χ1) is 7.58. The Labute approximate surface area is 105 Å². The number of benzene rings is 1. The molecule has 82 valence electrons. The molecule has 3 nitrogen and oxygen atoms in total. The lowest BCUT2D eigenvalue weighted by molar-refractivity contribution is 0.628. The molecule has 1 heterocycles. The van der Waals surface area contributed by atoms with Gasteiger partial charge >= 0.3 is 0 Å². The van der Waals surface area contributed by atoms with Crippen molar-refractivity contribution in [2.45, 2.75) is 0 Å². The fourth-order valence-electron chi connectivity index (χ4n) is 1.12. The standard InChI is InChI=1S/C9H3Cl3FN3/c10-6-4(2-1-3-5(6)13)7-14-8(11)16-9(12)15-7/h1-3H. The van der Waals surface area contributed by atoms with Gasteiger partial charge in [-0.2, -0.15) is 15.0 Å². The predicted molar refractivity (Wildman–Crippen MR) is 60.3 cm³/mol. The number of rotatable bonds is 1. The van der Waals surface area contributed by atoms with Crippen molar-refractivity contribution in [2.24, 2.45) is 0 Å². The minimum atomic E-state index is -0.563. The summed E-state index contributed by atoms with van der Waals surface area (Å²) >= 11 is 17.0. The van der Waals surface area contributed by atoms with Crippen molar-refractivity contribution in [3.05, 3.63) is 39.6 Å². The van der Waals surface area contributed by atoms with Crippen molar-refractivity contribution >= 4 is 34.8 Å². The van der Waals surface area contributed by atoms with Gasteiger partial charge in [0.2, 0.25) is 10.6 Å². The zero-order valence-electron chi connectivity index (χ0n) is 7.59. The Kier molecular flexibility index (Phi) is 3.23. The minimum Gasteiger partial charge on any atom is -0.205 e. The van der Waals surface area contributed by atoms with E-state index in [1.807, 2.05) is 0 Å². The molecular weight excluding hydrogens is 275 g/mol. The van der Waals surface area contributed by atoms with Crippen LogP contribution in [0.3, 0.4) is 0 Å². The van der Waals surface area contributed by atoms with Crippen LogP contribution in [0, 0.1) is 5.82 Å². The van der Waals surface area contributed by atoms with Crippen LogP contribution in [-0.2, 0) is 0 Å². The number of hydrogen-bond donors (Lipinski definition) is 0. The van der Waals surface area contributed by atoms with Crippen LogP contribution in [0.1, 0.15) is 0 Å². The predicted octanol–water partition coefficient (Wildman–Crippen LogP) is 3.64. The van der Waals surface area contributed by atoms with E-state index in [0.717, 1.165) is 0 Å². The minimum absolute atomic E-state index is 0.0738. The first-order valence-corrected chi connectivity index (χ1v) is 5.23. The number of halogens is 4. The Morgan fingerprint density at radius 2 is 1.56 bits per heavy atom. The molecule has 1 aromatic heterocycles. The van der Waals surface area contributed by atoms with Crippen LogP contribution < -0.4 is 0 Å². The molecule has 2 aromatic rings. The summed E-state index contributed by atoms with van der Waals surface area (Å²) in [6, 6.07) is 4.28. The van der Waals surface area contributed by atoms with Gasteiger partial charge in [-0.1, -0.05) is 17.7 Å². The topological polar surface area (TPSA) is 38.7 Å². The molecule has 0 aliphatic rings. The van der Waals surface area contributed by atoms with E-state index in [1.165, 1.54) is 12.1 Å². The van der Waals surface area contributed by atoms with Crippen LogP contribution in [0.5, 0.6) is 0 Å². The van der Waals surface area contributed by atoms with Gasteiger partial charge in [0.15, 0.2) is 5.82 Å². The molecule has 0 atom stereocenters. The smallest absolute Gasteiger partial charge is 0.205 e. The van der Waals surface area contributed by atoms with E-state index in [-0.39, 0.29) is 21.4 Å². The largest absolute Gasteiger partial charge is 0.227 e. The van der Waals surface area contributed by atoms with Gasteiger partial charge in [0.05, 0.1) is 5.02 Å². The summed E-state index contributed by atoms with van der Waals surface area (Å²) in [6.07, 6.45) is 0. The number of nitrogens with zero attached hydrogens (tertiary/aromatic N) is 3. The van der Waals surface area contributed by atoms with Gasteiger partial charge in [0.25, 0.3) is 0 Å². The Balaban J connectivity index is 2.63. The summed E-state index contributed by atoms with van der Waals surface area (Å²) in [5.41, 5.74) is 0.313. The Morgan fingerprint density at radius 1 is 0.938 bits per heavy atom. The normalized spacial score (nSPS) is 10.5. The zero-order chi connectivity index (χ0) is 11.7. The monoisotopic (exact) mass is 277 g/mol. The number of hydrogen-bond acceptors (Lipinski definition) is 3. The molecule has 0 fully saturated rings. The summed E-state index contributed by atoms with van der Waals surface area (Å²) in [7, 11) is 0. The highest BCUT2D eigenvalue weighted by atomic mass is 35.5. The number of aromatic nitrogens is 3. The van der Waals surface area contributed by atoms with Crippen molar-refractivity contribution in [3.8, 4) is 11.4 Å². The average molecular weight is 279 g/mol. The lowest BCUT2D eigenvalue weighted by Gasteiger charge is -2.03. The van der Waals surface area contributed by atoms with Crippen LogP contribution in [0.2, 0.25) is 15.6 Å². The summed E-state index contributed by atoms with van der Waals surface area (Å²) in [5.74, 6) is -0.429. The van der Waals surface area contributed by atoms with Crippen molar-refractivity contribution < 1.29 is 4.39 Å². The van der Waals surface area contributed by atoms with Crippen LogP contribution in [0.25, 0.3) is 11.4 Å². The molecule has 0 bridgehead atoms. The lowest BCUT2D eigenvalue weighted by Crippen LogP contribution is -1.95. The van der Waals surface area contributed by atoms with Crippen LogP contribution in [-0.4, -0.2) is 15.0 Å². The molecule has 0 radical (unpaired) electrons. The Bertz CT molecular complexity index is 527. The molecule has 7 heteroatoms. The summed E-state index contributed by atoms with van der Waals surface area (Å²) in [6.45, 7) is 0. The van der Waals surface area contributed by atoms with Crippen molar-refractivity contribution in [1.82, 2.24) is 15.0 Å². The van der Waals surface area contributed by atoms with E-state index in [2.05, 4.69) is 15.0 Å². The maximum Gasteiger partial charge on any atom is 0.227 e. The third kappa shape index (κ3) is 2.24. The van der Waals surface area contributed by atoms with E-state index in [4.69, 9.17) is 34.8 Å². The molecule has 2 rings (SSSR count). The van der Waals surface area contributed by atoms with E-state index < -0.39 is 5.82 Å². The third-order valence-electron chi connectivity index (χ3n) is 1.77. The Morgan fingerprint density at radius 3 is 2.19 bits per heavy atom. The molecule has 0 saturated carbocycles. The van der Waals surface area contributed by atoms with Gasteiger partial charge in [0.1, 0.15) is 5.82 Å². The molecule has 0 saturated heterocycles. The second-order valence-corrected chi connectivity index (χ2v) is 3.85. The van der Waals surface area contributed by atoms with Crippen LogP contribution in [0.4, 0.5) is 4.39 Å². The van der Waals surface area contributed by atoms with Gasteiger partial charge < -0.3 is 0 Å². The van der Waals surface area contributed by atoms with Crippen LogP contribution >= 0.6 is 34.8 Å². The van der Waals surface area contributed by atoms with E-state index in [9.17, 15) is 4.39 Å². The quantitative estimate of drug-likeness (QED) is 0.799. The van der Waals surface area contributed by atoms with E-state index >= 15 is 0 Å². The first kappa shape index (κ1) is 11.5. The third-order valence-corrected chi connectivity index (χ3v) is 2.50. The maximum atomic E-state index is 13.2. The molecule has 16 heavy (non-hydrogen) atoms. The van der Waals surface area contributed by atoms with Crippen molar-refractivity contribution in [1.29, 1.82) is 0 Å². The summed E-state index contributed by atoms with van der Waals surface area (Å²) in [4.78, 5) is 11.2. The highest BCUT2D eigenvalue weighted by molar-refractivity contribution is 6.33. The van der Waals surface area contributed by atoms with Gasteiger partial charge in [-0.25, -0.2) is 4.39 Å². The van der Waals surface area contributed by atoms with Gasteiger partial charge in [0, 0.05) is 5.56 Å². The molecule has 0 spiro atoms. The van der Waals surface area contributed by atoms with E-state index in [0.29, 0.717) is 5.56 Å². The lowest BCUT2D eigenvalue weighted by atomic mass is 10.2. The zero-order valence-corrected chi connectivity index (χ0v) is 9.85. The maximum absolute atomic E-state index is 13.2. The fourth-order valence-corrected chi connectivity index (χ4v) is 1.70. The molecule has 0 aliphatic carbocycles. The molecule has 0 N–H and O–H groups in total. The second-order valence-electron chi connectivity index (χ2n) is 2.80. The molecule has 0 unspecified atom stereocenters. The molecule has 0 amide bonds. The van der Waals surface area contributed by atoms with Crippen molar-refractivity contribution in [2.75, 3.05) is 0 Å². The van der Waals surface area contributed by atoms with Gasteiger partial charge in [-0.3, -0.25) is 0 Å². The molecule has 0 aliphatic heterocycles. The van der Waals surface area contributed by atoms with Crippen LogP contribution in [0.15, 0.2) is 18.2 Å². The van der Waals surface area contributed by atoms with Gasteiger partial charge in [-0.05, 0) is 35.3 Å². The first-order valence-electron chi connectivity index (χ1n) is 4.09.